The zero-order chi connectivity index (χ0) is 24.7. The van der Waals surface area contributed by atoms with Crippen LogP contribution >= 0.6 is 11.6 Å². The molecule has 0 saturated carbocycles. The van der Waals surface area contributed by atoms with Gasteiger partial charge in [0.15, 0.2) is 0 Å². The van der Waals surface area contributed by atoms with E-state index < -0.39 is 10.0 Å². The molecule has 178 valence electrons. The number of carbonyl (C=O) groups excluding carboxylic acids is 1. The molecule has 4 aromatic carbocycles. The molecule has 0 radical (unpaired) electrons. The second kappa shape index (κ2) is 9.02. The molecular formula is C28H25ClN2O3S. The van der Waals surface area contributed by atoms with Crippen LogP contribution in [0.5, 0.6) is 0 Å². The molecule has 0 spiro atoms. The second-order valence-corrected chi connectivity index (χ2v) is 11.3. The van der Waals surface area contributed by atoms with Gasteiger partial charge in [-0.3, -0.25) is 9.10 Å². The van der Waals surface area contributed by atoms with Gasteiger partial charge >= 0.3 is 0 Å². The van der Waals surface area contributed by atoms with Crippen molar-refractivity contribution < 1.29 is 13.2 Å². The third kappa shape index (κ3) is 4.64. The van der Waals surface area contributed by atoms with E-state index in [0.29, 0.717) is 16.3 Å². The Labute approximate surface area is 210 Å². The number of amides is 1. The van der Waals surface area contributed by atoms with E-state index in [4.69, 9.17) is 11.6 Å². The van der Waals surface area contributed by atoms with Crippen molar-refractivity contribution in [2.24, 2.45) is 0 Å². The number of nitrogens with one attached hydrogen (secondary N) is 1. The molecular weight excluding hydrogens is 480 g/mol. The minimum Gasteiger partial charge on any atom is -0.321 e. The minimum absolute atomic E-state index is 0.134. The summed E-state index contributed by atoms with van der Waals surface area (Å²) in [6.45, 7) is 2.00. The maximum Gasteiger partial charge on any atom is 0.255 e. The first kappa shape index (κ1) is 23.4. The fourth-order valence-electron chi connectivity index (χ4n) is 4.61. The van der Waals surface area contributed by atoms with Gasteiger partial charge in [0.2, 0.25) is 10.0 Å². The van der Waals surface area contributed by atoms with Crippen LogP contribution in [0.2, 0.25) is 5.02 Å². The Balaban J connectivity index is 1.36. The molecule has 35 heavy (non-hydrogen) atoms. The van der Waals surface area contributed by atoms with Crippen LogP contribution in [-0.2, 0) is 29.4 Å². The maximum atomic E-state index is 13.0. The summed E-state index contributed by atoms with van der Waals surface area (Å²) in [7, 11) is -3.54. The number of carbonyl (C=O) groups is 1. The lowest BCUT2D eigenvalue weighted by molar-refractivity contribution is 0.102. The summed E-state index contributed by atoms with van der Waals surface area (Å²) in [6.07, 6.45) is 3.23. The summed E-state index contributed by atoms with van der Waals surface area (Å²) in [5.41, 5.74) is 6.07. The Morgan fingerprint density at radius 1 is 0.971 bits per heavy atom. The molecule has 5 nitrogen and oxygen atoms in total. The van der Waals surface area contributed by atoms with E-state index in [2.05, 4.69) is 17.4 Å². The number of nitrogens with zero attached hydrogens (tertiary/aromatic N) is 1. The number of hydrogen-bond donors (Lipinski definition) is 1. The lowest BCUT2D eigenvalue weighted by Crippen LogP contribution is -2.29. The van der Waals surface area contributed by atoms with Gasteiger partial charge in [0, 0.05) is 21.7 Å². The molecule has 0 aliphatic heterocycles. The van der Waals surface area contributed by atoms with Crippen LogP contribution in [0.15, 0.2) is 72.8 Å². The molecule has 0 unspecified atom stereocenters. The quantitative estimate of drug-likeness (QED) is 0.344. The molecule has 1 amide bonds. The van der Waals surface area contributed by atoms with Crippen molar-refractivity contribution in [2.75, 3.05) is 15.9 Å². The predicted octanol–water partition coefficient (Wildman–Crippen LogP) is 6.12. The SMILES string of the molecule is Cc1ccc(N(Cc2ccc(C(=O)Nc3ccc4c5c(cccc35)CC4)cc2)S(C)(=O)=O)cc1Cl. The van der Waals surface area contributed by atoms with Crippen LogP contribution in [0.4, 0.5) is 11.4 Å². The Morgan fingerprint density at radius 2 is 1.69 bits per heavy atom. The first-order chi connectivity index (χ1) is 16.7. The van der Waals surface area contributed by atoms with Crippen LogP contribution in [-0.4, -0.2) is 20.6 Å². The standard InChI is InChI=1S/C28H25ClN2O3S/c1-18-6-14-23(16-25(18)29)31(35(2,33)34)17-19-7-9-22(10-8-19)28(32)30-26-15-13-21-12-11-20-4-3-5-24(26)27(20)21/h3-10,13-16H,11-12,17H2,1-2H3,(H,30,32). The molecule has 0 bridgehead atoms. The van der Waals surface area contributed by atoms with Gasteiger partial charge < -0.3 is 5.32 Å². The highest BCUT2D eigenvalue weighted by Crippen LogP contribution is 2.35. The summed E-state index contributed by atoms with van der Waals surface area (Å²) < 4.78 is 26.3. The van der Waals surface area contributed by atoms with Gasteiger partial charge in [-0.25, -0.2) is 8.42 Å². The van der Waals surface area contributed by atoms with Crippen LogP contribution in [0.1, 0.15) is 32.6 Å². The van der Waals surface area contributed by atoms with E-state index in [0.717, 1.165) is 35.0 Å². The van der Waals surface area contributed by atoms with Crippen LogP contribution in [0.25, 0.3) is 10.8 Å². The van der Waals surface area contributed by atoms with Gasteiger partial charge in [0.05, 0.1) is 18.5 Å². The molecule has 1 aliphatic rings. The maximum absolute atomic E-state index is 13.0. The van der Waals surface area contributed by atoms with Crippen molar-refractivity contribution in [1.29, 1.82) is 0 Å². The Kier molecular flexibility index (Phi) is 6.03. The van der Waals surface area contributed by atoms with Gasteiger partial charge in [-0.1, -0.05) is 54.1 Å². The highest BCUT2D eigenvalue weighted by molar-refractivity contribution is 7.92. The molecule has 0 heterocycles. The zero-order valence-electron chi connectivity index (χ0n) is 19.5. The Morgan fingerprint density at radius 3 is 2.37 bits per heavy atom. The van der Waals surface area contributed by atoms with E-state index in [1.807, 2.05) is 25.1 Å². The van der Waals surface area contributed by atoms with Crippen LogP contribution in [0.3, 0.4) is 0 Å². The Bertz CT molecular complexity index is 1550. The van der Waals surface area contributed by atoms with Crippen molar-refractivity contribution in [2.45, 2.75) is 26.3 Å². The van der Waals surface area contributed by atoms with Crippen LogP contribution in [0, 0.1) is 6.92 Å². The minimum atomic E-state index is -3.54. The summed E-state index contributed by atoms with van der Waals surface area (Å²) in [4.78, 5) is 13.0. The first-order valence-corrected chi connectivity index (χ1v) is 13.6. The van der Waals surface area contributed by atoms with Crippen molar-refractivity contribution in [1.82, 2.24) is 0 Å². The van der Waals surface area contributed by atoms with Crippen molar-refractivity contribution >= 4 is 49.7 Å². The highest BCUT2D eigenvalue weighted by atomic mass is 35.5. The third-order valence-electron chi connectivity index (χ3n) is 6.51. The molecule has 4 aromatic rings. The topological polar surface area (TPSA) is 66.5 Å². The van der Waals surface area contributed by atoms with Gasteiger partial charge in [-0.15, -0.1) is 0 Å². The fraction of sp³-hybridized carbons (Fsp3) is 0.179. The van der Waals surface area contributed by atoms with E-state index in [1.165, 1.54) is 27.1 Å². The number of rotatable bonds is 6. The van der Waals surface area contributed by atoms with Gasteiger partial charge in [-0.05, 0) is 77.7 Å². The van der Waals surface area contributed by atoms with E-state index in [9.17, 15) is 13.2 Å². The first-order valence-electron chi connectivity index (χ1n) is 11.4. The molecule has 0 saturated heterocycles. The predicted molar refractivity (Wildman–Crippen MR) is 143 cm³/mol. The number of hydrogen-bond acceptors (Lipinski definition) is 3. The average Bonchev–Trinajstić information content (AvgIpc) is 3.25. The van der Waals surface area contributed by atoms with Gasteiger partial charge in [0.1, 0.15) is 0 Å². The molecule has 5 rings (SSSR count). The molecule has 1 aliphatic carbocycles. The normalized spacial score (nSPS) is 12.7. The largest absolute Gasteiger partial charge is 0.321 e. The molecule has 7 heteroatoms. The number of halogens is 1. The number of benzene rings is 4. The summed E-state index contributed by atoms with van der Waals surface area (Å²) >= 11 is 6.22. The third-order valence-corrected chi connectivity index (χ3v) is 8.06. The zero-order valence-corrected chi connectivity index (χ0v) is 21.1. The molecule has 0 fully saturated rings. The monoisotopic (exact) mass is 504 g/mol. The molecule has 0 aromatic heterocycles. The summed E-state index contributed by atoms with van der Waals surface area (Å²) in [5, 5.41) is 5.86. The van der Waals surface area contributed by atoms with Gasteiger partial charge in [-0.2, -0.15) is 0 Å². The van der Waals surface area contributed by atoms with Gasteiger partial charge in [0.25, 0.3) is 5.91 Å². The number of sulfonamides is 1. The summed E-state index contributed by atoms with van der Waals surface area (Å²) in [5.74, 6) is -0.208. The average molecular weight is 505 g/mol. The van der Waals surface area contributed by atoms with Crippen molar-refractivity contribution in [3.8, 4) is 0 Å². The van der Waals surface area contributed by atoms with E-state index >= 15 is 0 Å². The Hall–Kier alpha value is -3.35. The number of anilines is 2. The fourth-order valence-corrected chi connectivity index (χ4v) is 5.67. The molecule has 0 atom stereocenters. The van der Waals surface area contributed by atoms with Crippen molar-refractivity contribution in [3.05, 3.63) is 106 Å². The van der Waals surface area contributed by atoms with E-state index in [-0.39, 0.29) is 12.5 Å². The summed E-state index contributed by atoms with van der Waals surface area (Å²) in [6, 6.07) is 22.4. The van der Waals surface area contributed by atoms with Crippen LogP contribution < -0.4 is 9.62 Å². The number of aryl methyl sites for hydroxylation is 3. The van der Waals surface area contributed by atoms with Crippen molar-refractivity contribution in [3.63, 3.8) is 0 Å². The smallest absolute Gasteiger partial charge is 0.255 e. The lowest BCUT2D eigenvalue weighted by Gasteiger charge is -2.23. The lowest BCUT2D eigenvalue weighted by atomic mass is 10.0. The van der Waals surface area contributed by atoms with E-state index in [1.54, 1.807) is 42.5 Å². The highest BCUT2D eigenvalue weighted by Gasteiger charge is 2.20. The second-order valence-electron chi connectivity index (χ2n) is 8.97. The molecule has 1 N–H and O–H groups in total.